The zero-order chi connectivity index (χ0) is 19.3. The Morgan fingerprint density at radius 3 is 2.36 bits per heavy atom. The molecular weight excluding hydrogens is 350 g/mol. The lowest BCUT2D eigenvalue weighted by Gasteiger charge is -2.34. The highest BCUT2D eigenvalue weighted by Gasteiger charge is 2.33. The first kappa shape index (κ1) is 16.9. The number of carbonyl (C=O) groups is 1. The number of benzene rings is 2. The van der Waals surface area contributed by atoms with Crippen molar-refractivity contribution in [2.24, 2.45) is 0 Å². The van der Waals surface area contributed by atoms with E-state index in [0.717, 1.165) is 43.0 Å². The van der Waals surface area contributed by atoms with Gasteiger partial charge < -0.3 is 15.5 Å². The maximum absolute atomic E-state index is 13.2. The van der Waals surface area contributed by atoms with Crippen molar-refractivity contribution in [3.05, 3.63) is 59.7 Å². The van der Waals surface area contributed by atoms with Crippen molar-refractivity contribution in [1.29, 1.82) is 0 Å². The summed E-state index contributed by atoms with van der Waals surface area (Å²) in [7, 11) is 2.14. The van der Waals surface area contributed by atoms with Crippen molar-refractivity contribution in [2.45, 2.75) is 0 Å². The molecule has 0 saturated carbocycles. The van der Waals surface area contributed by atoms with Crippen LogP contribution in [0.1, 0.15) is 15.9 Å². The number of rotatable bonds is 2. The number of nitrogens with two attached hydrogens (primary N) is 1. The van der Waals surface area contributed by atoms with E-state index in [0.29, 0.717) is 22.5 Å². The Labute approximate surface area is 163 Å². The number of fused-ring (bicyclic) bond motifs is 3. The third-order valence-electron chi connectivity index (χ3n) is 5.57. The molecule has 140 valence electrons. The lowest BCUT2D eigenvalue weighted by molar-refractivity contribution is 0.104. The lowest BCUT2D eigenvalue weighted by atomic mass is 10.0. The summed E-state index contributed by atoms with van der Waals surface area (Å²) in [4.78, 5) is 26.7. The molecule has 0 unspecified atom stereocenters. The van der Waals surface area contributed by atoms with Gasteiger partial charge in [0.05, 0.1) is 17.0 Å². The minimum absolute atomic E-state index is 0.0335. The standard InChI is InChI=1S/C22H21N5O/c1-26-9-11-27(12-10-26)15-7-8-16-17(13-15)20-18(21(16)28)19(24-22(23)25-20)14-5-3-2-4-6-14/h2-8,13H,9-12H2,1H3,(H2,23,24,25). The van der Waals surface area contributed by atoms with Crippen LogP contribution >= 0.6 is 0 Å². The van der Waals surface area contributed by atoms with Gasteiger partial charge in [0.25, 0.3) is 0 Å². The van der Waals surface area contributed by atoms with Gasteiger partial charge in [0.2, 0.25) is 5.95 Å². The van der Waals surface area contributed by atoms with E-state index in [2.05, 4.69) is 32.9 Å². The average Bonchev–Trinajstić information content (AvgIpc) is 3.00. The van der Waals surface area contributed by atoms with Crippen LogP contribution in [0, 0.1) is 0 Å². The molecule has 5 rings (SSSR count). The normalized spacial score (nSPS) is 16.2. The van der Waals surface area contributed by atoms with Crippen molar-refractivity contribution in [3.63, 3.8) is 0 Å². The van der Waals surface area contributed by atoms with E-state index in [-0.39, 0.29) is 11.7 Å². The molecule has 0 radical (unpaired) electrons. The van der Waals surface area contributed by atoms with Crippen LogP contribution in [0.4, 0.5) is 11.6 Å². The second-order valence-corrected chi connectivity index (χ2v) is 7.37. The maximum Gasteiger partial charge on any atom is 0.221 e. The molecule has 3 aromatic rings. The summed E-state index contributed by atoms with van der Waals surface area (Å²) in [5, 5.41) is 0. The summed E-state index contributed by atoms with van der Waals surface area (Å²) < 4.78 is 0. The second-order valence-electron chi connectivity index (χ2n) is 7.37. The first-order valence-corrected chi connectivity index (χ1v) is 9.47. The number of aromatic nitrogens is 2. The molecule has 28 heavy (non-hydrogen) atoms. The van der Waals surface area contributed by atoms with Gasteiger partial charge in [0.1, 0.15) is 0 Å². The number of likely N-dealkylation sites (N-methyl/N-ethyl adjacent to an activating group) is 1. The highest BCUT2D eigenvalue weighted by atomic mass is 16.1. The first-order valence-electron chi connectivity index (χ1n) is 9.47. The molecule has 2 heterocycles. The number of carbonyl (C=O) groups excluding carboxylic acids is 1. The van der Waals surface area contributed by atoms with Crippen LogP contribution in [0.5, 0.6) is 0 Å². The molecule has 1 saturated heterocycles. The molecule has 6 nitrogen and oxygen atoms in total. The Kier molecular flexibility index (Phi) is 3.87. The molecule has 0 spiro atoms. The molecule has 0 amide bonds. The van der Waals surface area contributed by atoms with E-state index < -0.39 is 0 Å². The quantitative estimate of drug-likeness (QED) is 0.584. The number of ketones is 1. The largest absolute Gasteiger partial charge is 0.369 e. The van der Waals surface area contributed by atoms with Crippen molar-refractivity contribution in [3.8, 4) is 22.5 Å². The van der Waals surface area contributed by atoms with Crippen molar-refractivity contribution < 1.29 is 4.79 Å². The summed E-state index contributed by atoms with van der Waals surface area (Å²) in [6.45, 7) is 3.99. The van der Waals surface area contributed by atoms with Gasteiger partial charge in [-0.15, -0.1) is 0 Å². The molecule has 1 aliphatic heterocycles. The van der Waals surface area contributed by atoms with Crippen LogP contribution in [0.3, 0.4) is 0 Å². The summed E-state index contributed by atoms with van der Waals surface area (Å²) in [6, 6.07) is 15.7. The van der Waals surface area contributed by atoms with E-state index in [9.17, 15) is 4.79 Å². The van der Waals surface area contributed by atoms with Gasteiger partial charge in [-0.2, -0.15) is 0 Å². The molecule has 1 fully saturated rings. The third-order valence-corrected chi connectivity index (χ3v) is 5.57. The fraction of sp³-hybridized carbons (Fsp3) is 0.227. The first-order chi connectivity index (χ1) is 13.6. The number of hydrogen-bond donors (Lipinski definition) is 1. The Morgan fingerprint density at radius 2 is 1.61 bits per heavy atom. The lowest BCUT2D eigenvalue weighted by Crippen LogP contribution is -2.44. The minimum atomic E-state index is -0.0335. The fourth-order valence-electron chi connectivity index (χ4n) is 4.02. The van der Waals surface area contributed by atoms with Crippen LogP contribution in [-0.4, -0.2) is 53.9 Å². The molecule has 1 aromatic heterocycles. The van der Waals surface area contributed by atoms with Gasteiger partial charge in [-0.3, -0.25) is 4.79 Å². The number of piperazine rings is 1. The van der Waals surface area contributed by atoms with Gasteiger partial charge in [0.15, 0.2) is 5.78 Å². The highest BCUT2D eigenvalue weighted by molar-refractivity contribution is 6.24. The van der Waals surface area contributed by atoms with E-state index in [4.69, 9.17) is 5.73 Å². The highest BCUT2D eigenvalue weighted by Crippen LogP contribution is 2.41. The van der Waals surface area contributed by atoms with Gasteiger partial charge in [-0.05, 0) is 25.2 Å². The monoisotopic (exact) mass is 371 g/mol. The van der Waals surface area contributed by atoms with E-state index in [1.54, 1.807) is 0 Å². The predicted octanol–water partition coefficient (Wildman–Crippen LogP) is 2.69. The van der Waals surface area contributed by atoms with Crippen molar-refractivity contribution in [1.82, 2.24) is 14.9 Å². The predicted molar refractivity (Wildman–Crippen MR) is 110 cm³/mol. The number of anilines is 2. The molecule has 0 atom stereocenters. The van der Waals surface area contributed by atoms with Gasteiger partial charge in [-0.25, -0.2) is 9.97 Å². The smallest absolute Gasteiger partial charge is 0.221 e. The Bertz CT molecular complexity index is 1070. The zero-order valence-corrected chi connectivity index (χ0v) is 15.7. The number of hydrogen-bond acceptors (Lipinski definition) is 6. The molecule has 0 bridgehead atoms. The van der Waals surface area contributed by atoms with Crippen molar-refractivity contribution in [2.75, 3.05) is 43.9 Å². The van der Waals surface area contributed by atoms with Crippen molar-refractivity contribution >= 4 is 17.4 Å². The van der Waals surface area contributed by atoms with Crippen LogP contribution in [-0.2, 0) is 0 Å². The van der Waals surface area contributed by atoms with Crippen LogP contribution < -0.4 is 10.6 Å². The number of nitrogen functional groups attached to an aromatic ring is 1. The Hall–Kier alpha value is -3.25. The van der Waals surface area contributed by atoms with Gasteiger partial charge >= 0.3 is 0 Å². The zero-order valence-electron chi connectivity index (χ0n) is 15.7. The van der Waals surface area contributed by atoms with Crippen LogP contribution in [0.15, 0.2) is 48.5 Å². The maximum atomic E-state index is 13.2. The van der Waals surface area contributed by atoms with E-state index in [1.165, 1.54) is 0 Å². The van der Waals surface area contributed by atoms with Gasteiger partial charge in [-0.1, -0.05) is 30.3 Å². The topological polar surface area (TPSA) is 75.3 Å². The fourth-order valence-corrected chi connectivity index (χ4v) is 4.02. The Balaban J connectivity index is 1.63. The molecule has 2 N–H and O–H groups in total. The average molecular weight is 371 g/mol. The van der Waals surface area contributed by atoms with Gasteiger partial charge in [0, 0.05) is 48.6 Å². The van der Waals surface area contributed by atoms with Crippen LogP contribution in [0.25, 0.3) is 22.5 Å². The SMILES string of the molecule is CN1CCN(c2ccc3c(c2)-c2nc(N)nc(-c4ccccc4)c2C3=O)CC1. The van der Waals surface area contributed by atoms with E-state index in [1.807, 2.05) is 42.5 Å². The van der Waals surface area contributed by atoms with Crippen LogP contribution in [0.2, 0.25) is 0 Å². The number of nitrogens with zero attached hydrogens (tertiary/aromatic N) is 4. The summed E-state index contributed by atoms with van der Waals surface area (Å²) in [5.74, 6) is 0.150. The summed E-state index contributed by atoms with van der Waals surface area (Å²) in [5.41, 5.74) is 11.3. The molecule has 2 aliphatic rings. The molecule has 1 aliphatic carbocycles. The summed E-state index contributed by atoms with van der Waals surface area (Å²) >= 11 is 0. The third kappa shape index (κ3) is 2.65. The Morgan fingerprint density at radius 1 is 0.893 bits per heavy atom. The molecule has 6 heteroatoms. The summed E-state index contributed by atoms with van der Waals surface area (Å²) in [6.07, 6.45) is 0. The molecule has 2 aromatic carbocycles. The second kappa shape index (κ2) is 6.42. The molecular formula is C22H21N5O. The van der Waals surface area contributed by atoms with E-state index >= 15 is 0 Å². The minimum Gasteiger partial charge on any atom is -0.369 e.